The molecule has 0 aliphatic rings. The van der Waals surface area contributed by atoms with E-state index < -0.39 is 0 Å². The van der Waals surface area contributed by atoms with E-state index in [1.54, 1.807) is 14.2 Å². The van der Waals surface area contributed by atoms with Crippen LogP contribution < -0.4 is 14.4 Å². The zero-order valence-electron chi connectivity index (χ0n) is 16.1. The number of rotatable bonds is 5. The predicted molar refractivity (Wildman–Crippen MR) is 101 cm³/mol. The van der Waals surface area contributed by atoms with Crippen molar-refractivity contribution in [1.29, 1.82) is 0 Å². The van der Waals surface area contributed by atoms with Crippen LogP contribution in [-0.4, -0.2) is 41.1 Å². The van der Waals surface area contributed by atoms with Gasteiger partial charge in [0.15, 0.2) is 11.5 Å². The molecule has 3 aromatic rings. The van der Waals surface area contributed by atoms with Gasteiger partial charge in [-0.2, -0.15) is 4.52 Å². The molecule has 0 saturated carbocycles. The van der Waals surface area contributed by atoms with Crippen LogP contribution in [0.5, 0.6) is 11.5 Å². The van der Waals surface area contributed by atoms with Crippen molar-refractivity contribution in [2.24, 2.45) is 0 Å². The monoisotopic (exact) mass is 355 g/mol. The van der Waals surface area contributed by atoms with Gasteiger partial charge in [-0.05, 0) is 24.3 Å². The van der Waals surface area contributed by atoms with E-state index in [9.17, 15) is 0 Å². The molecule has 3 rings (SSSR count). The third kappa shape index (κ3) is 3.42. The molecule has 0 radical (unpaired) electrons. The van der Waals surface area contributed by atoms with Crippen molar-refractivity contribution in [2.45, 2.75) is 32.7 Å². The van der Waals surface area contributed by atoms with Crippen molar-refractivity contribution in [2.75, 3.05) is 26.2 Å². The average molecular weight is 355 g/mol. The van der Waals surface area contributed by atoms with Gasteiger partial charge in [0.1, 0.15) is 17.3 Å². The Morgan fingerprint density at radius 1 is 1.04 bits per heavy atom. The summed E-state index contributed by atoms with van der Waals surface area (Å²) in [4.78, 5) is 2.07. The van der Waals surface area contributed by atoms with Gasteiger partial charge < -0.3 is 14.4 Å². The Morgan fingerprint density at radius 2 is 1.81 bits per heavy atom. The minimum atomic E-state index is -0.136. The second kappa shape index (κ2) is 6.82. The first-order valence-corrected chi connectivity index (χ1v) is 8.48. The van der Waals surface area contributed by atoms with E-state index in [-0.39, 0.29) is 5.41 Å². The van der Waals surface area contributed by atoms with Gasteiger partial charge in [0.2, 0.25) is 0 Å². The first kappa shape index (κ1) is 18.0. The molecule has 2 aromatic heterocycles. The average Bonchev–Trinajstić information content (AvgIpc) is 3.05. The lowest BCUT2D eigenvalue weighted by Crippen LogP contribution is -2.21. The molecule has 0 amide bonds. The molecule has 0 N–H and O–H groups in total. The highest BCUT2D eigenvalue weighted by atomic mass is 16.5. The van der Waals surface area contributed by atoms with Crippen molar-refractivity contribution in [3.8, 4) is 11.5 Å². The lowest BCUT2D eigenvalue weighted by atomic mass is 9.96. The summed E-state index contributed by atoms with van der Waals surface area (Å²) in [6, 6.07) is 9.71. The fraction of sp³-hybridized carbons (Fsp3) is 0.421. The van der Waals surface area contributed by atoms with Crippen LogP contribution in [0.4, 0.5) is 5.82 Å². The second-order valence-electron chi connectivity index (χ2n) is 7.27. The van der Waals surface area contributed by atoms with Crippen LogP contribution in [0, 0.1) is 0 Å². The molecule has 1 aromatic carbocycles. The Balaban J connectivity index is 1.92. The Bertz CT molecular complexity index is 914. The van der Waals surface area contributed by atoms with Crippen molar-refractivity contribution < 1.29 is 9.47 Å². The molecule has 0 saturated heterocycles. The Hall–Kier alpha value is -2.83. The number of methoxy groups -OCH3 is 2. The van der Waals surface area contributed by atoms with Crippen LogP contribution in [0.2, 0.25) is 0 Å². The zero-order chi connectivity index (χ0) is 18.9. The van der Waals surface area contributed by atoms with Gasteiger partial charge in [-0.3, -0.25) is 0 Å². The first-order valence-electron chi connectivity index (χ1n) is 8.48. The normalized spacial score (nSPS) is 11.6. The number of benzene rings is 1. The van der Waals surface area contributed by atoms with Crippen LogP contribution in [0.15, 0.2) is 30.3 Å². The number of aromatic nitrogens is 4. The maximum Gasteiger partial charge on any atom is 0.178 e. The third-order valence-corrected chi connectivity index (χ3v) is 4.21. The summed E-state index contributed by atoms with van der Waals surface area (Å²) in [5.74, 6) is 3.23. The van der Waals surface area contributed by atoms with Crippen molar-refractivity contribution in [3.05, 3.63) is 41.7 Å². The molecule has 2 heterocycles. The second-order valence-corrected chi connectivity index (χ2v) is 7.27. The standard InChI is InChI=1S/C19H25N5O2/c1-19(2,3)18-21-20-16-9-10-17(22-24(16)18)23(4)12-13-7-8-14(25-5)11-15(13)26-6/h7-11H,12H2,1-6H3. The Morgan fingerprint density at radius 3 is 2.46 bits per heavy atom. The minimum Gasteiger partial charge on any atom is -0.497 e. The minimum absolute atomic E-state index is 0.136. The number of hydrogen-bond acceptors (Lipinski definition) is 6. The largest absolute Gasteiger partial charge is 0.497 e. The van der Waals surface area contributed by atoms with Crippen LogP contribution in [-0.2, 0) is 12.0 Å². The quantitative estimate of drug-likeness (QED) is 0.701. The summed E-state index contributed by atoms with van der Waals surface area (Å²) in [6.45, 7) is 6.95. The van der Waals surface area contributed by atoms with Crippen LogP contribution in [0.1, 0.15) is 32.2 Å². The van der Waals surface area contributed by atoms with E-state index in [0.717, 1.165) is 34.4 Å². The first-order chi connectivity index (χ1) is 12.3. The third-order valence-electron chi connectivity index (χ3n) is 4.21. The highest BCUT2D eigenvalue weighted by Crippen LogP contribution is 2.27. The molecule has 0 spiro atoms. The van der Waals surface area contributed by atoms with E-state index >= 15 is 0 Å². The molecule has 0 bridgehead atoms. The molecule has 7 nitrogen and oxygen atoms in total. The van der Waals surface area contributed by atoms with E-state index in [1.807, 2.05) is 41.9 Å². The maximum atomic E-state index is 5.49. The van der Waals surface area contributed by atoms with Gasteiger partial charge in [-0.1, -0.05) is 20.8 Å². The van der Waals surface area contributed by atoms with Crippen LogP contribution >= 0.6 is 0 Å². The van der Waals surface area contributed by atoms with Gasteiger partial charge >= 0.3 is 0 Å². The van der Waals surface area contributed by atoms with Crippen LogP contribution in [0.3, 0.4) is 0 Å². The zero-order valence-corrected chi connectivity index (χ0v) is 16.1. The molecule has 0 aliphatic heterocycles. The molecule has 0 fully saturated rings. The van der Waals surface area contributed by atoms with E-state index in [1.165, 1.54) is 0 Å². The van der Waals surface area contributed by atoms with E-state index in [0.29, 0.717) is 6.54 Å². The van der Waals surface area contributed by atoms with E-state index in [2.05, 4.69) is 35.9 Å². The highest BCUT2D eigenvalue weighted by molar-refractivity contribution is 5.48. The molecule has 0 atom stereocenters. The number of nitrogens with zero attached hydrogens (tertiary/aromatic N) is 5. The fourth-order valence-electron chi connectivity index (χ4n) is 2.77. The summed E-state index contributed by atoms with van der Waals surface area (Å²) in [6.07, 6.45) is 0. The smallest absolute Gasteiger partial charge is 0.178 e. The molecular formula is C19H25N5O2. The van der Waals surface area contributed by atoms with Crippen molar-refractivity contribution in [3.63, 3.8) is 0 Å². The lowest BCUT2D eigenvalue weighted by Gasteiger charge is -2.21. The van der Waals surface area contributed by atoms with Gasteiger partial charge in [-0.25, -0.2) is 0 Å². The molecule has 138 valence electrons. The summed E-state index contributed by atoms with van der Waals surface area (Å²) >= 11 is 0. The molecule has 0 aliphatic carbocycles. The predicted octanol–water partition coefficient (Wildman–Crippen LogP) is 3.08. The number of ether oxygens (including phenoxy) is 2. The fourth-order valence-corrected chi connectivity index (χ4v) is 2.77. The lowest BCUT2D eigenvalue weighted by molar-refractivity contribution is 0.391. The van der Waals surface area contributed by atoms with E-state index in [4.69, 9.17) is 14.6 Å². The number of hydrogen-bond donors (Lipinski definition) is 0. The van der Waals surface area contributed by atoms with Gasteiger partial charge in [-0.15, -0.1) is 15.3 Å². The Kier molecular flexibility index (Phi) is 4.71. The summed E-state index contributed by atoms with van der Waals surface area (Å²) in [7, 11) is 5.31. The van der Waals surface area contributed by atoms with Crippen molar-refractivity contribution in [1.82, 2.24) is 19.8 Å². The van der Waals surface area contributed by atoms with Gasteiger partial charge in [0, 0.05) is 30.6 Å². The summed E-state index contributed by atoms with van der Waals surface area (Å²) in [5.41, 5.74) is 1.66. The Labute approximate surface area is 153 Å². The van der Waals surface area contributed by atoms with Gasteiger partial charge in [0.25, 0.3) is 0 Å². The molecule has 7 heteroatoms. The summed E-state index contributed by atoms with van der Waals surface area (Å²) in [5, 5.41) is 13.2. The molecular weight excluding hydrogens is 330 g/mol. The molecule has 0 unspecified atom stereocenters. The molecule has 26 heavy (non-hydrogen) atoms. The maximum absolute atomic E-state index is 5.49. The topological polar surface area (TPSA) is 64.8 Å². The van der Waals surface area contributed by atoms with Gasteiger partial charge in [0.05, 0.1) is 14.2 Å². The van der Waals surface area contributed by atoms with Crippen molar-refractivity contribution >= 4 is 11.5 Å². The number of anilines is 1. The SMILES string of the molecule is COc1ccc(CN(C)c2ccc3nnc(C(C)(C)C)n3n2)c(OC)c1. The van der Waals surface area contributed by atoms with Crippen LogP contribution in [0.25, 0.3) is 5.65 Å². The number of fused-ring (bicyclic) bond motifs is 1. The summed E-state index contributed by atoms with van der Waals surface area (Å²) < 4.78 is 12.6. The highest BCUT2D eigenvalue weighted by Gasteiger charge is 2.22.